The first kappa shape index (κ1) is 14.9. The van der Waals surface area contributed by atoms with Crippen molar-refractivity contribution in [3.63, 3.8) is 0 Å². The van der Waals surface area contributed by atoms with Crippen molar-refractivity contribution in [2.75, 3.05) is 0 Å². The fourth-order valence-corrected chi connectivity index (χ4v) is 2.23. The molecular formula is C17H22N2S. The van der Waals surface area contributed by atoms with Gasteiger partial charge in [-0.1, -0.05) is 71.1 Å². The number of nitrogens with zero attached hydrogens (tertiary/aromatic N) is 1. The smallest absolute Gasteiger partial charge is 0.139 e. The van der Waals surface area contributed by atoms with Gasteiger partial charge < -0.3 is 4.98 Å². The summed E-state index contributed by atoms with van der Waals surface area (Å²) in [5, 5.41) is 0. The molecule has 1 aromatic carbocycles. The van der Waals surface area contributed by atoms with E-state index in [2.05, 4.69) is 68.9 Å². The van der Waals surface area contributed by atoms with E-state index in [1.54, 1.807) is 0 Å². The molecule has 1 heterocycles. The van der Waals surface area contributed by atoms with Crippen molar-refractivity contribution in [1.82, 2.24) is 9.97 Å². The molecule has 0 saturated heterocycles. The average molecular weight is 286 g/mol. The standard InChI is InChI=1S/C17H22N2S/c1-11(2)12-6-8-13(9-7-12)16-18-14(17(3,4)5)10-15(20)19-16/h6-11H,1-5H3,(H,18,19,20). The van der Waals surface area contributed by atoms with Crippen LogP contribution in [0.1, 0.15) is 51.8 Å². The number of hydrogen-bond donors (Lipinski definition) is 1. The van der Waals surface area contributed by atoms with Crippen molar-refractivity contribution < 1.29 is 0 Å². The molecule has 0 radical (unpaired) electrons. The Morgan fingerprint density at radius 1 is 1.10 bits per heavy atom. The number of aromatic nitrogens is 2. The van der Waals surface area contributed by atoms with E-state index in [-0.39, 0.29) is 5.41 Å². The number of hydrogen-bond acceptors (Lipinski definition) is 2. The van der Waals surface area contributed by atoms with Gasteiger partial charge in [-0.3, -0.25) is 0 Å². The Morgan fingerprint density at radius 2 is 1.70 bits per heavy atom. The van der Waals surface area contributed by atoms with Gasteiger partial charge in [-0.15, -0.1) is 0 Å². The minimum absolute atomic E-state index is 0.0309. The Kier molecular flexibility index (Phi) is 4.09. The summed E-state index contributed by atoms with van der Waals surface area (Å²) in [5.74, 6) is 1.38. The van der Waals surface area contributed by atoms with Gasteiger partial charge in [0.2, 0.25) is 0 Å². The Bertz CT molecular complexity index is 646. The van der Waals surface area contributed by atoms with Gasteiger partial charge in [0.15, 0.2) is 0 Å². The van der Waals surface area contributed by atoms with E-state index in [4.69, 9.17) is 12.2 Å². The number of rotatable bonds is 2. The molecule has 3 heteroatoms. The van der Waals surface area contributed by atoms with Crippen LogP contribution < -0.4 is 0 Å². The molecule has 0 aliphatic heterocycles. The largest absolute Gasteiger partial charge is 0.343 e. The minimum Gasteiger partial charge on any atom is -0.343 e. The van der Waals surface area contributed by atoms with E-state index >= 15 is 0 Å². The molecule has 0 atom stereocenters. The second-order valence-corrected chi connectivity index (χ2v) is 6.93. The zero-order valence-corrected chi connectivity index (χ0v) is 13.6. The van der Waals surface area contributed by atoms with Gasteiger partial charge in [-0.05, 0) is 17.5 Å². The molecule has 2 aromatic rings. The highest BCUT2D eigenvalue weighted by atomic mass is 32.1. The van der Waals surface area contributed by atoms with E-state index in [1.165, 1.54) is 5.56 Å². The molecule has 0 unspecified atom stereocenters. The molecule has 0 amide bonds. The van der Waals surface area contributed by atoms with Gasteiger partial charge in [0.25, 0.3) is 0 Å². The third-order valence-electron chi connectivity index (χ3n) is 3.40. The Labute approximate surface area is 126 Å². The highest BCUT2D eigenvalue weighted by molar-refractivity contribution is 7.71. The molecule has 20 heavy (non-hydrogen) atoms. The predicted octanol–water partition coefficient (Wildman–Crippen LogP) is 5.23. The lowest BCUT2D eigenvalue weighted by molar-refractivity contribution is 0.567. The predicted molar refractivity (Wildman–Crippen MR) is 87.6 cm³/mol. The lowest BCUT2D eigenvalue weighted by Crippen LogP contribution is -2.14. The van der Waals surface area contributed by atoms with E-state index in [1.807, 2.05) is 6.07 Å². The molecule has 0 saturated carbocycles. The highest BCUT2D eigenvalue weighted by Gasteiger charge is 2.16. The molecule has 2 nitrogen and oxygen atoms in total. The number of nitrogens with one attached hydrogen (secondary N) is 1. The molecule has 0 fully saturated rings. The van der Waals surface area contributed by atoms with Gasteiger partial charge in [0.1, 0.15) is 10.5 Å². The third-order valence-corrected chi connectivity index (χ3v) is 3.61. The number of H-pyrrole nitrogens is 1. The van der Waals surface area contributed by atoms with Gasteiger partial charge >= 0.3 is 0 Å². The first-order valence-corrected chi connectivity index (χ1v) is 7.40. The second kappa shape index (κ2) is 5.49. The van der Waals surface area contributed by atoms with Crippen LogP contribution in [0.3, 0.4) is 0 Å². The van der Waals surface area contributed by atoms with Crippen LogP contribution in [0.2, 0.25) is 0 Å². The fourth-order valence-electron chi connectivity index (χ4n) is 2.02. The topological polar surface area (TPSA) is 28.7 Å². The molecule has 106 valence electrons. The van der Waals surface area contributed by atoms with E-state index in [0.29, 0.717) is 10.6 Å². The summed E-state index contributed by atoms with van der Waals surface area (Å²) in [6.07, 6.45) is 0. The Balaban J connectivity index is 2.47. The van der Waals surface area contributed by atoms with Crippen LogP contribution in [0.5, 0.6) is 0 Å². The van der Waals surface area contributed by atoms with Crippen molar-refractivity contribution in [3.05, 3.63) is 46.2 Å². The van der Waals surface area contributed by atoms with Gasteiger partial charge in [-0.25, -0.2) is 4.98 Å². The summed E-state index contributed by atoms with van der Waals surface area (Å²) >= 11 is 5.29. The van der Waals surface area contributed by atoms with Crippen molar-refractivity contribution in [2.45, 2.75) is 46.0 Å². The molecule has 0 aliphatic rings. The van der Waals surface area contributed by atoms with Crippen molar-refractivity contribution in [3.8, 4) is 11.4 Å². The fraction of sp³-hybridized carbons (Fsp3) is 0.412. The zero-order chi connectivity index (χ0) is 14.9. The van der Waals surface area contributed by atoms with Gasteiger partial charge in [0, 0.05) is 16.7 Å². The van der Waals surface area contributed by atoms with E-state index in [9.17, 15) is 0 Å². The lowest BCUT2D eigenvalue weighted by Gasteiger charge is -2.19. The van der Waals surface area contributed by atoms with Crippen LogP contribution in [0, 0.1) is 4.64 Å². The van der Waals surface area contributed by atoms with Crippen molar-refractivity contribution in [1.29, 1.82) is 0 Å². The molecule has 1 N–H and O–H groups in total. The Morgan fingerprint density at radius 3 is 2.20 bits per heavy atom. The van der Waals surface area contributed by atoms with Crippen LogP contribution in [0.15, 0.2) is 30.3 Å². The maximum absolute atomic E-state index is 5.29. The minimum atomic E-state index is 0.0309. The van der Waals surface area contributed by atoms with E-state index < -0.39 is 0 Å². The van der Waals surface area contributed by atoms with Gasteiger partial charge in [0.05, 0.1) is 0 Å². The molecule has 0 bridgehead atoms. The van der Waals surface area contributed by atoms with Crippen LogP contribution in [0.25, 0.3) is 11.4 Å². The lowest BCUT2D eigenvalue weighted by atomic mass is 9.92. The summed E-state index contributed by atoms with van der Waals surface area (Å²) in [7, 11) is 0. The first-order valence-electron chi connectivity index (χ1n) is 6.99. The Hall–Kier alpha value is -1.48. The summed E-state index contributed by atoms with van der Waals surface area (Å²) in [6.45, 7) is 10.9. The van der Waals surface area contributed by atoms with E-state index in [0.717, 1.165) is 17.1 Å². The average Bonchev–Trinajstić information content (AvgIpc) is 2.37. The van der Waals surface area contributed by atoms with Crippen molar-refractivity contribution >= 4 is 12.2 Å². The summed E-state index contributed by atoms with van der Waals surface area (Å²) in [4.78, 5) is 7.86. The second-order valence-electron chi connectivity index (χ2n) is 6.51. The summed E-state index contributed by atoms with van der Waals surface area (Å²) in [5.41, 5.74) is 3.55. The normalized spacial score (nSPS) is 11.9. The molecule has 0 spiro atoms. The quantitative estimate of drug-likeness (QED) is 0.766. The SMILES string of the molecule is CC(C)c1ccc(-c2nc(=S)cc(C(C)(C)C)[nH]2)cc1. The maximum atomic E-state index is 5.29. The van der Waals surface area contributed by atoms with Crippen LogP contribution >= 0.6 is 12.2 Å². The van der Waals surface area contributed by atoms with Gasteiger partial charge in [-0.2, -0.15) is 0 Å². The third kappa shape index (κ3) is 3.34. The summed E-state index contributed by atoms with van der Waals surface area (Å²) in [6, 6.07) is 10.5. The van der Waals surface area contributed by atoms with Crippen LogP contribution in [-0.2, 0) is 5.41 Å². The molecular weight excluding hydrogens is 264 g/mol. The zero-order valence-electron chi connectivity index (χ0n) is 12.8. The molecule has 0 aliphatic carbocycles. The summed E-state index contributed by atoms with van der Waals surface area (Å²) < 4.78 is 0.636. The highest BCUT2D eigenvalue weighted by Crippen LogP contribution is 2.24. The van der Waals surface area contributed by atoms with Crippen molar-refractivity contribution in [2.24, 2.45) is 0 Å². The first-order chi connectivity index (χ1) is 9.27. The van der Waals surface area contributed by atoms with Crippen LogP contribution in [0.4, 0.5) is 0 Å². The number of benzene rings is 1. The number of aromatic amines is 1. The maximum Gasteiger partial charge on any atom is 0.139 e. The molecule has 2 rings (SSSR count). The van der Waals surface area contributed by atoms with Crippen LogP contribution in [-0.4, -0.2) is 9.97 Å². The molecule has 1 aromatic heterocycles. The monoisotopic (exact) mass is 286 g/mol.